The monoisotopic (exact) mass is 426 g/mol. The molecule has 2 N–H and O–H groups in total. The van der Waals surface area contributed by atoms with Gasteiger partial charge in [-0.3, -0.25) is 4.79 Å². The van der Waals surface area contributed by atoms with Gasteiger partial charge in [-0.25, -0.2) is 4.79 Å². The van der Waals surface area contributed by atoms with Crippen molar-refractivity contribution in [2.75, 3.05) is 20.3 Å². The highest BCUT2D eigenvalue weighted by Gasteiger charge is 2.28. The summed E-state index contributed by atoms with van der Waals surface area (Å²) in [7, 11) is 1.59. The molecule has 3 aromatic rings. The number of thiophene rings is 1. The topological polar surface area (TPSA) is 89.8 Å². The summed E-state index contributed by atoms with van der Waals surface area (Å²) in [5.41, 5.74) is 4.08. The quantitative estimate of drug-likeness (QED) is 0.563. The number of aromatic carboxylic acids is 1. The molecule has 0 spiro atoms. The van der Waals surface area contributed by atoms with Crippen LogP contribution in [0.1, 0.15) is 23.0 Å². The number of hydrogen-bond acceptors (Lipinski definition) is 5. The van der Waals surface area contributed by atoms with Gasteiger partial charge in [0.2, 0.25) is 5.91 Å². The molecule has 0 aliphatic carbocycles. The molecule has 0 saturated heterocycles. The summed E-state index contributed by atoms with van der Waals surface area (Å²) in [4.78, 5) is 24.0. The van der Waals surface area contributed by atoms with Crippen LogP contribution in [0.2, 0.25) is 0 Å². The number of nitrogens with zero attached hydrogens (tertiary/aromatic N) is 1. The highest BCUT2D eigenvalue weighted by atomic mass is 32.1. The van der Waals surface area contributed by atoms with Crippen molar-refractivity contribution in [2.45, 2.75) is 19.9 Å². The maximum absolute atomic E-state index is 11.9. The third kappa shape index (κ3) is 3.66. The lowest BCUT2D eigenvalue weighted by molar-refractivity contribution is -0.119. The second-order valence-electron chi connectivity index (χ2n) is 6.97. The number of nitrogens with one attached hydrogen (secondary N) is 1. The lowest BCUT2D eigenvalue weighted by atomic mass is 9.95. The molecule has 0 unspecified atom stereocenters. The molecule has 0 radical (unpaired) electrons. The molecular weight excluding hydrogens is 404 g/mol. The van der Waals surface area contributed by atoms with Crippen LogP contribution in [0.5, 0.6) is 11.5 Å². The van der Waals surface area contributed by atoms with Crippen molar-refractivity contribution in [3.63, 3.8) is 0 Å². The maximum Gasteiger partial charge on any atom is 0.352 e. The van der Waals surface area contributed by atoms with Crippen molar-refractivity contribution in [2.24, 2.45) is 0 Å². The van der Waals surface area contributed by atoms with E-state index >= 15 is 0 Å². The van der Waals surface area contributed by atoms with E-state index in [0.29, 0.717) is 37.6 Å². The third-order valence-electron chi connectivity index (χ3n) is 5.09. The Morgan fingerprint density at radius 2 is 2.07 bits per heavy atom. The average molecular weight is 426 g/mol. The van der Waals surface area contributed by atoms with E-state index < -0.39 is 5.97 Å². The summed E-state index contributed by atoms with van der Waals surface area (Å²) in [6.07, 6.45) is 0.698. The Bertz CT molecular complexity index is 1100. The molecule has 1 amide bonds. The smallest absolute Gasteiger partial charge is 0.352 e. The van der Waals surface area contributed by atoms with Gasteiger partial charge in [-0.05, 0) is 41.6 Å². The number of benzene rings is 1. The molecule has 0 saturated carbocycles. The Balaban J connectivity index is 1.80. The largest absolute Gasteiger partial charge is 0.493 e. The van der Waals surface area contributed by atoms with Crippen molar-refractivity contribution in [1.82, 2.24) is 9.88 Å². The first-order valence-corrected chi connectivity index (χ1v) is 10.5. The summed E-state index contributed by atoms with van der Waals surface area (Å²) >= 11 is 1.58. The first kappa shape index (κ1) is 20.0. The minimum atomic E-state index is -0.942. The van der Waals surface area contributed by atoms with Crippen LogP contribution in [0.3, 0.4) is 0 Å². The standard InChI is InChI=1S/C22H22N2O5S/c1-13(25)23-6-8-29-19-12-15-14(10-18(19)28-2)5-7-24-17(22(26)27)11-16(21(15)24)20-4-3-9-30-20/h3-4,9-12H,5-8H2,1-2H3,(H,23,25)(H,26,27). The summed E-state index contributed by atoms with van der Waals surface area (Å²) in [5, 5.41) is 14.4. The molecule has 30 heavy (non-hydrogen) atoms. The van der Waals surface area contributed by atoms with Crippen LogP contribution >= 0.6 is 11.3 Å². The Hall–Kier alpha value is -3.26. The van der Waals surface area contributed by atoms with E-state index in [9.17, 15) is 14.7 Å². The SMILES string of the molecule is COc1cc2c(cc1OCCNC(C)=O)-c1c(-c3cccs3)cc(C(=O)O)n1CC2. The molecule has 2 aromatic heterocycles. The van der Waals surface area contributed by atoms with Gasteiger partial charge in [0.25, 0.3) is 0 Å². The number of carboxylic acids is 1. The number of carbonyl (C=O) groups excluding carboxylic acids is 1. The molecule has 4 rings (SSSR count). The molecule has 7 nitrogen and oxygen atoms in total. The fourth-order valence-electron chi connectivity index (χ4n) is 3.79. The number of amides is 1. The molecule has 1 aliphatic rings. The number of ether oxygens (including phenoxy) is 2. The van der Waals surface area contributed by atoms with Crippen LogP contribution in [0, 0.1) is 0 Å². The zero-order valence-electron chi connectivity index (χ0n) is 16.7. The van der Waals surface area contributed by atoms with Crippen LogP contribution in [-0.4, -0.2) is 41.8 Å². The number of methoxy groups -OCH3 is 1. The van der Waals surface area contributed by atoms with E-state index in [4.69, 9.17) is 9.47 Å². The number of aromatic nitrogens is 1. The van der Waals surface area contributed by atoms with Crippen molar-refractivity contribution in [3.05, 3.63) is 47.0 Å². The minimum absolute atomic E-state index is 0.115. The van der Waals surface area contributed by atoms with Gasteiger partial charge in [-0.1, -0.05) is 6.07 Å². The molecule has 0 fully saturated rings. The number of carbonyl (C=O) groups is 2. The lowest BCUT2D eigenvalue weighted by Gasteiger charge is -2.24. The lowest BCUT2D eigenvalue weighted by Crippen LogP contribution is -2.25. The van der Waals surface area contributed by atoms with Gasteiger partial charge >= 0.3 is 5.97 Å². The average Bonchev–Trinajstić information content (AvgIpc) is 3.38. The van der Waals surface area contributed by atoms with E-state index in [2.05, 4.69) is 5.32 Å². The summed E-state index contributed by atoms with van der Waals surface area (Å²) in [6.45, 7) is 2.73. The van der Waals surface area contributed by atoms with Gasteiger partial charge in [0, 0.05) is 29.5 Å². The Morgan fingerprint density at radius 1 is 1.23 bits per heavy atom. The van der Waals surface area contributed by atoms with Crippen LogP contribution in [0.4, 0.5) is 0 Å². The maximum atomic E-state index is 11.9. The fourth-order valence-corrected chi connectivity index (χ4v) is 4.53. The van der Waals surface area contributed by atoms with E-state index in [1.165, 1.54) is 6.92 Å². The third-order valence-corrected chi connectivity index (χ3v) is 5.99. The van der Waals surface area contributed by atoms with Gasteiger partial charge < -0.3 is 24.5 Å². The second-order valence-corrected chi connectivity index (χ2v) is 7.92. The van der Waals surface area contributed by atoms with E-state index in [-0.39, 0.29) is 11.6 Å². The predicted octanol–water partition coefficient (Wildman–Crippen LogP) is 3.66. The van der Waals surface area contributed by atoms with E-state index in [0.717, 1.165) is 27.3 Å². The summed E-state index contributed by atoms with van der Waals surface area (Å²) < 4.78 is 13.3. The van der Waals surface area contributed by atoms with Crippen LogP contribution < -0.4 is 14.8 Å². The second kappa shape index (κ2) is 8.23. The molecule has 8 heteroatoms. The molecule has 1 aromatic carbocycles. The van der Waals surface area contributed by atoms with Crippen molar-refractivity contribution in [1.29, 1.82) is 0 Å². The fraction of sp³-hybridized carbons (Fsp3) is 0.273. The summed E-state index contributed by atoms with van der Waals surface area (Å²) in [5.74, 6) is 0.122. The number of hydrogen-bond donors (Lipinski definition) is 2. The summed E-state index contributed by atoms with van der Waals surface area (Å²) in [6, 6.07) is 9.57. The number of carboxylic acid groups (broad SMARTS) is 1. The first-order chi connectivity index (χ1) is 14.5. The zero-order chi connectivity index (χ0) is 21.3. The van der Waals surface area contributed by atoms with Gasteiger partial charge in [-0.2, -0.15) is 0 Å². The van der Waals surface area contributed by atoms with Crippen LogP contribution in [0.25, 0.3) is 21.7 Å². The van der Waals surface area contributed by atoms with Gasteiger partial charge in [0.15, 0.2) is 11.5 Å². The van der Waals surface area contributed by atoms with Crippen LogP contribution in [0.15, 0.2) is 35.7 Å². The van der Waals surface area contributed by atoms with Crippen LogP contribution in [-0.2, 0) is 17.8 Å². The van der Waals surface area contributed by atoms with E-state index in [1.54, 1.807) is 24.5 Å². The Kier molecular flexibility index (Phi) is 5.50. The van der Waals surface area contributed by atoms with Crippen molar-refractivity contribution in [3.8, 4) is 33.2 Å². The van der Waals surface area contributed by atoms with E-state index in [1.807, 2.05) is 34.2 Å². The van der Waals surface area contributed by atoms with Crippen molar-refractivity contribution < 1.29 is 24.2 Å². The first-order valence-electron chi connectivity index (χ1n) is 9.58. The molecule has 156 valence electrons. The van der Waals surface area contributed by atoms with Gasteiger partial charge in [0.1, 0.15) is 12.3 Å². The minimum Gasteiger partial charge on any atom is -0.493 e. The number of aryl methyl sites for hydroxylation is 1. The highest BCUT2D eigenvalue weighted by Crippen LogP contribution is 2.45. The normalized spacial score (nSPS) is 12.1. The molecule has 3 heterocycles. The number of fused-ring (bicyclic) bond motifs is 3. The zero-order valence-corrected chi connectivity index (χ0v) is 17.5. The Labute approximate surface area is 177 Å². The molecule has 0 bridgehead atoms. The van der Waals surface area contributed by atoms with Gasteiger partial charge in [0.05, 0.1) is 19.3 Å². The number of rotatable bonds is 7. The predicted molar refractivity (Wildman–Crippen MR) is 115 cm³/mol. The van der Waals surface area contributed by atoms with Crippen molar-refractivity contribution >= 4 is 23.2 Å². The molecule has 1 aliphatic heterocycles. The van der Waals surface area contributed by atoms with Gasteiger partial charge in [-0.15, -0.1) is 11.3 Å². The molecule has 0 atom stereocenters. The Morgan fingerprint density at radius 3 is 2.73 bits per heavy atom. The highest BCUT2D eigenvalue weighted by molar-refractivity contribution is 7.13. The molecular formula is C22H22N2O5S.